The van der Waals surface area contributed by atoms with E-state index in [0.29, 0.717) is 23.5 Å². The van der Waals surface area contributed by atoms with Gasteiger partial charge in [-0.05, 0) is 60.4 Å². The average Bonchev–Trinajstić information content (AvgIpc) is 3.42. The predicted molar refractivity (Wildman–Crippen MR) is 146 cm³/mol. The molecule has 1 saturated heterocycles. The van der Waals surface area contributed by atoms with Crippen LogP contribution in [0.3, 0.4) is 0 Å². The first-order chi connectivity index (χ1) is 18.5. The molecule has 2 atom stereocenters. The molecule has 2 aliphatic rings. The van der Waals surface area contributed by atoms with Crippen LogP contribution < -0.4 is 9.47 Å². The van der Waals surface area contributed by atoms with Crippen molar-refractivity contribution in [3.05, 3.63) is 101 Å². The number of aliphatic hydroxyl groups excluding tert-OH is 1. The smallest absolute Gasteiger partial charge is 0.295 e. The van der Waals surface area contributed by atoms with Gasteiger partial charge in [-0.25, -0.2) is 0 Å². The molecule has 0 aromatic heterocycles. The van der Waals surface area contributed by atoms with Crippen LogP contribution in [-0.4, -0.2) is 34.4 Å². The molecular weight excluding hydrogens is 478 g/mol. The first-order valence-electron chi connectivity index (χ1n) is 13.3. The maximum absolute atomic E-state index is 13.5. The van der Waals surface area contributed by atoms with Crippen molar-refractivity contribution in [3.8, 4) is 11.5 Å². The molecule has 0 radical (unpaired) electrons. The molecule has 0 aliphatic carbocycles. The van der Waals surface area contributed by atoms with Crippen LogP contribution in [0.25, 0.3) is 5.76 Å². The number of fused-ring (bicyclic) bond motifs is 1. The highest BCUT2D eigenvalue weighted by Crippen LogP contribution is 2.42. The van der Waals surface area contributed by atoms with Gasteiger partial charge in [0.05, 0.1) is 18.2 Å². The number of Topliss-reactive ketones (excluding diaryl/α,β-unsaturated/α-hetero) is 1. The zero-order valence-corrected chi connectivity index (χ0v) is 21.9. The molecule has 3 aromatic carbocycles. The lowest BCUT2D eigenvalue weighted by Crippen LogP contribution is -2.29. The number of hydrogen-bond donors (Lipinski definition) is 1. The van der Waals surface area contributed by atoms with Crippen LogP contribution in [0.4, 0.5) is 0 Å². The van der Waals surface area contributed by atoms with Gasteiger partial charge in [-0.15, -0.1) is 0 Å². The summed E-state index contributed by atoms with van der Waals surface area (Å²) in [7, 11) is 0. The zero-order valence-electron chi connectivity index (χ0n) is 21.9. The Morgan fingerprint density at radius 2 is 1.84 bits per heavy atom. The number of rotatable bonds is 9. The molecule has 0 saturated carbocycles. The minimum Gasteiger partial charge on any atom is -0.507 e. The number of hydrogen-bond acceptors (Lipinski definition) is 5. The van der Waals surface area contributed by atoms with Gasteiger partial charge >= 0.3 is 0 Å². The number of ketones is 1. The molecule has 5 rings (SSSR count). The van der Waals surface area contributed by atoms with Gasteiger partial charge in [0.2, 0.25) is 0 Å². The Morgan fingerprint density at radius 3 is 2.63 bits per heavy atom. The minimum absolute atomic E-state index is 0.0546. The Bertz CT molecular complexity index is 1360. The molecule has 0 bridgehead atoms. The fourth-order valence-corrected chi connectivity index (χ4v) is 5.21. The molecule has 2 heterocycles. The number of unbranched alkanes of at least 4 members (excludes halogenated alkanes) is 2. The van der Waals surface area contributed by atoms with E-state index >= 15 is 0 Å². The van der Waals surface area contributed by atoms with Crippen molar-refractivity contribution in [1.82, 2.24) is 4.90 Å². The summed E-state index contributed by atoms with van der Waals surface area (Å²) in [5.74, 6) is -0.0493. The van der Waals surface area contributed by atoms with Crippen LogP contribution in [-0.2, 0) is 22.6 Å². The Labute approximate surface area is 223 Å². The molecule has 2 aliphatic heterocycles. The molecule has 1 fully saturated rings. The summed E-state index contributed by atoms with van der Waals surface area (Å²) in [5, 5.41) is 11.5. The van der Waals surface area contributed by atoms with Crippen molar-refractivity contribution in [2.24, 2.45) is 0 Å². The van der Waals surface area contributed by atoms with Gasteiger partial charge in [-0.3, -0.25) is 9.59 Å². The highest BCUT2D eigenvalue weighted by Gasteiger charge is 2.46. The highest BCUT2D eigenvalue weighted by molar-refractivity contribution is 6.46. The summed E-state index contributed by atoms with van der Waals surface area (Å²) in [4.78, 5) is 28.4. The maximum atomic E-state index is 13.5. The van der Waals surface area contributed by atoms with Crippen LogP contribution in [0.5, 0.6) is 11.5 Å². The van der Waals surface area contributed by atoms with E-state index in [0.717, 1.165) is 42.6 Å². The monoisotopic (exact) mass is 511 g/mol. The van der Waals surface area contributed by atoms with Crippen LogP contribution >= 0.6 is 0 Å². The fraction of sp³-hybridized carbons (Fsp3) is 0.312. The Morgan fingerprint density at radius 1 is 1.03 bits per heavy atom. The number of likely N-dealkylation sites (tertiary alicyclic amines) is 1. The molecule has 1 amide bonds. The van der Waals surface area contributed by atoms with E-state index in [9.17, 15) is 14.7 Å². The minimum atomic E-state index is -0.752. The number of carbonyl (C=O) groups is 2. The average molecular weight is 512 g/mol. The number of amides is 1. The van der Waals surface area contributed by atoms with Crippen LogP contribution in [0.2, 0.25) is 0 Å². The summed E-state index contributed by atoms with van der Waals surface area (Å²) in [6.45, 7) is 4.97. The van der Waals surface area contributed by atoms with Crippen molar-refractivity contribution in [2.75, 3.05) is 6.61 Å². The first kappa shape index (κ1) is 25.6. The lowest BCUT2D eigenvalue weighted by molar-refractivity contribution is -0.140. The van der Waals surface area contributed by atoms with Crippen molar-refractivity contribution in [2.45, 2.75) is 58.2 Å². The Hall–Kier alpha value is -4.06. The largest absolute Gasteiger partial charge is 0.507 e. The van der Waals surface area contributed by atoms with E-state index in [4.69, 9.17) is 9.47 Å². The maximum Gasteiger partial charge on any atom is 0.295 e. The summed E-state index contributed by atoms with van der Waals surface area (Å²) in [6.07, 6.45) is 3.92. The second-order valence-corrected chi connectivity index (χ2v) is 10.00. The van der Waals surface area contributed by atoms with E-state index in [1.54, 1.807) is 6.07 Å². The van der Waals surface area contributed by atoms with E-state index < -0.39 is 17.7 Å². The molecule has 196 valence electrons. The van der Waals surface area contributed by atoms with Gasteiger partial charge < -0.3 is 19.5 Å². The third-order valence-electron chi connectivity index (χ3n) is 7.10. The zero-order chi connectivity index (χ0) is 26.6. The van der Waals surface area contributed by atoms with Crippen molar-refractivity contribution < 1.29 is 24.2 Å². The summed E-state index contributed by atoms with van der Waals surface area (Å²) in [5.41, 5.74) is 3.17. The van der Waals surface area contributed by atoms with Crippen molar-refractivity contribution in [3.63, 3.8) is 0 Å². The van der Waals surface area contributed by atoms with Gasteiger partial charge in [-0.2, -0.15) is 0 Å². The lowest BCUT2D eigenvalue weighted by Gasteiger charge is -2.26. The van der Waals surface area contributed by atoms with Gasteiger partial charge in [0, 0.05) is 18.5 Å². The Balaban J connectivity index is 1.56. The summed E-state index contributed by atoms with van der Waals surface area (Å²) < 4.78 is 11.8. The first-order valence-corrected chi connectivity index (χ1v) is 13.3. The third kappa shape index (κ3) is 5.17. The second-order valence-electron chi connectivity index (χ2n) is 10.00. The van der Waals surface area contributed by atoms with E-state index in [1.165, 1.54) is 4.90 Å². The van der Waals surface area contributed by atoms with Crippen molar-refractivity contribution in [1.29, 1.82) is 0 Å². The van der Waals surface area contributed by atoms with Crippen LogP contribution in [0.15, 0.2) is 78.4 Å². The standard InChI is InChI=1S/C32H33NO5/c1-3-4-8-16-37-26-13-9-12-23(19-26)29-28(30(34)24-14-15-27-25(18-24)17-21(2)38-27)31(35)32(36)33(29)20-22-10-6-5-7-11-22/h5-7,9-15,18-19,21,29,34H,3-4,8,16-17,20H2,1-2H3/t21-,29+/m0/s1. The number of aliphatic hydroxyl groups is 1. The number of ether oxygens (including phenoxy) is 2. The molecule has 0 unspecified atom stereocenters. The molecule has 1 N–H and O–H groups in total. The number of benzene rings is 3. The van der Waals surface area contributed by atoms with E-state index in [1.807, 2.05) is 73.7 Å². The summed E-state index contributed by atoms with van der Waals surface area (Å²) >= 11 is 0. The number of nitrogens with zero attached hydrogens (tertiary/aromatic N) is 1. The van der Waals surface area contributed by atoms with Crippen molar-refractivity contribution >= 4 is 17.4 Å². The quantitative estimate of drug-likeness (QED) is 0.160. The van der Waals surface area contributed by atoms with Crippen LogP contribution in [0, 0.1) is 0 Å². The highest BCUT2D eigenvalue weighted by atomic mass is 16.5. The molecule has 3 aromatic rings. The lowest BCUT2D eigenvalue weighted by atomic mass is 9.94. The van der Waals surface area contributed by atoms with E-state index in [2.05, 4.69) is 6.92 Å². The fourth-order valence-electron chi connectivity index (χ4n) is 5.21. The third-order valence-corrected chi connectivity index (χ3v) is 7.10. The normalized spacial score (nSPS) is 19.9. The van der Waals surface area contributed by atoms with Gasteiger partial charge in [0.15, 0.2) is 0 Å². The SMILES string of the molecule is CCCCCOc1cccc([C@@H]2C(=C(O)c3ccc4c(c3)C[C@H](C)O4)C(=O)C(=O)N2Cc2ccccc2)c1. The predicted octanol–water partition coefficient (Wildman–Crippen LogP) is 6.20. The van der Waals surface area contributed by atoms with E-state index in [-0.39, 0.29) is 24.0 Å². The summed E-state index contributed by atoms with van der Waals surface area (Å²) in [6, 6.07) is 21.7. The second kappa shape index (κ2) is 11.1. The van der Waals surface area contributed by atoms with Crippen LogP contribution in [0.1, 0.15) is 61.4 Å². The molecule has 6 nitrogen and oxygen atoms in total. The molecule has 6 heteroatoms. The molecule has 0 spiro atoms. The van der Waals surface area contributed by atoms with Gasteiger partial charge in [-0.1, -0.05) is 62.2 Å². The number of carbonyl (C=O) groups excluding carboxylic acids is 2. The Kier molecular flexibility index (Phi) is 7.50. The topological polar surface area (TPSA) is 76.1 Å². The van der Waals surface area contributed by atoms with Gasteiger partial charge in [0.25, 0.3) is 11.7 Å². The molecule has 38 heavy (non-hydrogen) atoms. The van der Waals surface area contributed by atoms with Gasteiger partial charge in [0.1, 0.15) is 23.4 Å². The molecular formula is C32H33NO5.